The summed E-state index contributed by atoms with van der Waals surface area (Å²) in [6.07, 6.45) is 3.69. The van der Waals surface area contributed by atoms with E-state index in [1.54, 1.807) is 49.1 Å². The molecule has 10 nitrogen and oxygen atoms in total. The maximum Gasteiger partial charge on any atom is 0.253 e. The van der Waals surface area contributed by atoms with E-state index in [4.69, 9.17) is 28.6 Å². The van der Waals surface area contributed by atoms with Crippen molar-refractivity contribution in [2.24, 2.45) is 5.92 Å². The molecule has 0 unspecified atom stereocenters. The minimum atomic E-state index is -0.230. The molecule has 0 bridgehead atoms. The Hall–Kier alpha value is -3.45. The van der Waals surface area contributed by atoms with Gasteiger partial charge in [-0.05, 0) is 55.2 Å². The van der Waals surface area contributed by atoms with E-state index >= 15 is 0 Å². The van der Waals surface area contributed by atoms with Crippen LogP contribution in [0.2, 0.25) is 5.02 Å². The molecule has 1 aromatic heterocycles. The summed E-state index contributed by atoms with van der Waals surface area (Å²) in [6.45, 7) is 4.44. The first kappa shape index (κ1) is 31.0. The summed E-state index contributed by atoms with van der Waals surface area (Å²) < 4.78 is 6.37. The number of hydrogen-bond donors (Lipinski definition) is 3. The van der Waals surface area contributed by atoms with Gasteiger partial charge >= 0.3 is 0 Å². The Labute approximate surface area is 265 Å². The molecule has 5 rings (SSSR count). The van der Waals surface area contributed by atoms with Gasteiger partial charge in [-0.15, -0.1) is 0 Å². The highest BCUT2D eigenvalue weighted by molar-refractivity contribution is 8.22. The highest BCUT2D eigenvalue weighted by atomic mass is 35.5. The van der Waals surface area contributed by atoms with Crippen molar-refractivity contribution in [3.63, 3.8) is 0 Å². The van der Waals surface area contributed by atoms with E-state index in [-0.39, 0.29) is 11.8 Å². The van der Waals surface area contributed by atoms with Gasteiger partial charge in [-0.25, -0.2) is 4.98 Å². The van der Waals surface area contributed by atoms with Gasteiger partial charge in [-0.2, -0.15) is 4.98 Å². The number of ether oxygens (including phenoxy) is 1. The van der Waals surface area contributed by atoms with Gasteiger partial charge in [-0.1, -0.05) is 47.7 Å². The molecule has 2 aliphatic rings. The topological polar surface area (TPSA) is 112 Å². The lowest BCUT2D eigenvalue weighted by Gasteiger charge is -2.36. The number of nitrogens with zero attached hydrogens (tertiary/aromatic N) is 4. The van der Waals surface area contributed by atoms with E-state index in [0.29, 0.717) is 58.3 Å². The van der Waals surface area contributed by atoms with Gasteiger partial charge in [-0.3, -0.25) is 9.59 Å². The van der Waals surface area contributed by atoms with Crippen molar-refractivity contribution < 1.29 is 14.3 Å². The van der Waals surface area contributed by atoms with Crippen LogP contribution in [-0.4, -0.2) is 88.1 Å². The molecule has 3 N–H and O–H groups in total. The van der Waals surface area contributed by atoms with Crippen molar-refractivity contribution in [1.82, 2.24) is 25.1 Å². The van der Waals surface area contributed by atoms with Crippen LogP contribution in [0.5, 0.6) is 0 Å². The van der Waals surface area contributed by atoms with Crippen LogP contribution in [-0.2, 0) is 4.74 Å². The van der Waals surface area contributed by atoms with Crippen LogP contribution in [0.4, 0.5) is 23.1 Å². The number of anilines is 4. The minimum absolute atomic E-state index is 0.00372. The van der Waals surface area contributed by atoms with Crippen LogP contribution in [0.3, 0.4) is 0 Å². The van der Waals surface area contributed by atoms with Crippen LogP contribution < -0.4 is 16.0 Å². The Morgan fingerprint density at radius 2 is 1.72 bits per heavy atom. The zero-order valence-electron chi connectivity index (χ0n) is 23.8. The quantitative estimate of drug-likeness (QED) is 0.285. The lowest BCUT2D eigenvalue weighted by molar-refractivity contribution is 0.0694. The normalized spacial score (nSPS) is 15.6. The lowest BCUT2D eigenvalue weighted by atomic mass is 10.0. The second-order valence-electron chi connectivity index (χ2n) is 10.3. The molecule has 13 heteroatoms. The highest BCUT2D eigenvalue weighted by Crippen LogP contribution is 2.27. The van der Waals surface area contributed by atoms with Crippen molar-refractivity contribution in [2.45, 2.75) is 12.8 Å². The Balaban J connectivity index is 1.14. The van der Waals surface area contributed by atoms with E-state index in [2.05, 4.69) is 30.8 Å². The van der Waals surface area contributed by atoms with E-state index in [1.807, 2.05) is 23.1 Å². The molecule has 43 heavy (non-hydrogen) atoms. The molecular weight excluding hydrogens is 606 g/mol. The average molecular weight is 640 g/mol. The number of amides is 2. The third-order valence-electron chi connectivity index (χ3n) is 7.39. The SMILES string of the molecule is CNC(=O)c1ccccc1Nc1nc(Nc2ccc(C(=O)N3CCN(C(=S)SCC4CCOCC4)CC3)cc2)ncc1Cl. The zero-order chi connectivity index (χ0) is 30.2. The summed E-state index contributed by atoms with van der Waals surface area (Å²) in [5, 5.41) is 9.20. The smallest absolute Gasteiger partial charge is 0.253 e. The average Bonchev–Trinajstić information content (AvgIpc) is 3.05. The van der Waals surface area contributed by atoms with E-state index in [0.717, 1.165) is 49.2 Å². The first-order chi connectivity index (χ1) is 20.9. The third-order valence-corrected chi connectivity index (χ3v) is 9.42. The van der Waals surface area contributed by atoms with Gasteiger partial charge < -0.3 is 30.5 Å². The predicted octanol–water partition coefficient (Wildman–Crippen LogP) is 5.18. The second kappa shape index (κ2) is 14.8. The second-order valence-corrected chi connectivity index (χ2v) is 12.3. The molecule has 0 spiro atoms. The van der Waals surface area contributed by atoms with Crippen LogP contribution in [0, 0.1) is 5.92 Å². The number of nitrogens with one attached hydrogen (secondary N) is 3. The molecule has 0 radical (unpaired) electrons. The number of thiocarbonyl (C=S) groups is 1. The molecule has 2 saturated heterocycles. The molecule has 226 valence electrons. The molecular formula is C30H34ClN7O3S2. The summed E-state index contributed by atoms with van der Waals surface area (Å²) in [5.41, 5.74) is 2.35. The number of halogens is 1. The summed E-state index contributed by atoms with van der Waals surface area (Å²) in [7, 11) is 1.57. The monoisotopic (exact) mass is 639 g/mol. The molecule has 2 amide bonds. The Morgan fingerprint density at radius 3 is 2.44 bits per heavy atom. The van der Waals surface area contributed by atoms with Gasteiger partial charge in [0.1, 0.15) is 9.34 Å². The third kappa shape index (κ3) is 8.14. The molecule has 0 aliphatic carbocycles. The number of thioether (sulfide) groups is 1. The summed E-state index contributed by atoms with van der Waals surface area (Å²) in [5.74, 6) is 2.13. The van der Waals surface area contributed by atoms with Gasteiger partial charge in [0, 0.05) is 63.4 Å². The molecule has 0 saturated carbocycles. The highest BCUT2D eigenvalue weighted by Gasteiger charge is 2.24. The minimum Gasteiger partial charge on any atom is -0.381 e. The number of hydrogen-bond acceptors (Lipinski definition) is 9. The Morgan fingerprint density at radius 1 is 1.02 bits per heavy atom. The summed E-state index contributed by atoms with van der Waals surface area (Å²) in [6, 6.07) is 14.3. The lowest BCUT2D eigenvalue weighted by Crippen LogP contribution is -2.49. The van der Waals surface area contributed by atoms with E-state index < -0.39 is 0 Å². The van der Waals surface area contributed by atoms with Crippen LogP contribution in [0.1, 0.15) is 33.6 Å². The molecule has 3 heterocycles. The number of benzene rings is 2. The van der Waals surface area contributed by atoms with Gasteiger partial charge in [0.25, 0.3) is 11.8 Å². The van der Waals surface area contributed by atoms with Crippen molar-refractivity contribution in [3.05, 3.63) is 70.9 Å². The number of piperazine rings is 1. The van der Waals surface area contributed by atoms with E-state index in [9.17, 15) is 9.59 Å². The first-order valence-electron chi connectivity index (χ1n) is 14.2. The van der Waals surface area contributed by atoms with Gasteiger partial charge in [0.15, 0.2) is 5.82 Å². The fraction of sp³-hybridized carbons (Fsp3) is 0.367. The molecule has 2 aliphatic heterocycles. The predicted molar refractivity (Wildman–Crippen MR) is 176 cm³/mol. The van der Waals surface area contributed by atoms with Gasteiger partial charge in [0.2, 0.25) is 5.95 Å². The van der Waals surface area contributed by atoms with Crippen LogP contribution >= 0.6 is 35.6 Å². The Bertz CT molecular complexity index is 1450. The maximum atomic E-state index is 13.2. The largest absolute Gasteiger partial charge is 0.381 e. The van der Waals surface area contributed by atoms with Crippen LogP contribution in [0.25, 0.3) is 0 Å². The molecule has 2 fully saturated rings. The van der Waals surface area contributed by atoms with Crippen molar-refractivity contribution in [3.8, 4) is 0 Å². The van der Waals surface area contributed by atoms with Crippen molar-refractivity contribution in [1.29, 1.82) is 0 Å². The molecule has 0 atom stereocenters. The molecule has 3 aromatic rings. The number of rotatable bonds is 8. The number of carbonyl (C=O) groups is 2. The van der Waals surface area contributed by atoms with Crippen molar-refractivity contribution >= 4 is 74.9 Å². The fourth-order valence-corrected chi connectivity index (χ4v) is 6.46. The number of aromatic nitrogens is 2. The number of para-hydroxylation sites is 1. The van der Waals surface area contributed by atoms with Crippen LogP contribution in [0.15, 0.2) is 54.7 Å². The van der Waals surface area contributed by atoms with Gasteiger partial charge in [0.05, 0.1) is 17.4 Å². The molecule has 2 aromatic carbocycles. The standard InChI is InChI=1S/C30H34ClN7O3S2/c1-32-27(39)23-4-2-3-5-25(23)35-26-24(31)18-33-29(36-26)34-22-8-6-21(7-9-22)28(40)37-12-14-38(15-13-37)30(42)43-19-20-10-16-41-17-11-20/h2-9,18,20H,10-17,19H2,1H3,(H,32,39)(H2,33,34,35,36). The Kier molecular flexibility index (Phi) is 10.7. The van der Waals surface area contributed by atoms with Crippen molar-refractivity contribution in [2.75, 3.05) is 62.8 Å². The number of carbonyl (C=O) groups excluding carboxylic acids is 2. The zero-order valence-corrected chi connectivity index (χ0v) is 26.2. The summed E-state index contributed by atoms with van der Waals surface area (Å²) >= 11 is 13.8. The maximum absolute atomic E-state index is 13.2. The first-order valence-corrected chi connectivity index (χ1v) is 15.9. The summed E-state index contributed by atoms with van der Waals surface area (Å²) in [4.78, 5) is 38.3. The van der Waals surface area contributed by atoms with E-state index in [1.165, 1.54) is 6.20 Å². The fourth-order valence-electron chi connectivity index (χ4n) is 4.86.